The number of hydrogen-bond donors (Lipinski definition) is 2. The van der Waals surface area contributed by atoms with Gasteiger partial charge >= 0.3 is 11.9 Å². The highest BCUT2D eigenvalue weighted by molar-refractivity contribution is 5.87. The van der Waals surface area contributed by atoms with E-state index in [1.54, 1.807) is 7.05 Å². The molecule has 1 heterocycles. The summed E-state index contributed by atoms with van der Waals surface area (Å²) in [6.45, 7) is 0. The molecule has 0 radical (unpaired) electrons. The summed E-state index contributed by atoms with van der Waals surface area (Å²) in [4.78, 5) is 21.7. The maximum atomic E-state index is 11.3. The van der Waals surface area contributed by atoms with Crippen molar-refractivity contribution in [3.05, 3.63) is 23.5 Å². The number of rotatable bonds is 4. The molecule has 0 bridgehead atoms. The number of methoxy groups -OCH3 is 1. The molecule has 1 aromatic heterocycles. The molecule has 1 aromatic rings. The molecule has 1 rings (SSSR count). The Bertz CT molecular complexity index is 409. The second-order valence-corrected chi connectivity index (χ2v) is 3.31. The number of carbonyl (C=O) groups excluding carboxylic acids is 1. The van der Waals surface area contributed by atoms with E-state index in [9.17, 15) is 14.7 Å². The van der Waals surface area contributed by atoms with Crippen LogP contribution in [0.2, 0.25) is 0 Å². The largest absolute Gasteiger partial charge is 0.481 e. The first-order chi connectivity index (χ1) is 7.47. The zero-order chi connectivity index (χ0) is 12.3. The van der Waals surface area contributed by atoms with Gasteiger partial charge in [-0.15, -0.1) is 0 Å². The van der Waals surface area contributed by atoms with Gasteiger partial charge in [0.1, 0.15) is 11.8 Å². The van der Waals surface area contributed by atoms with Crippen molar-refractivity contribution >= 4 is 11.9 Å². The summed E-state index contributed by atoms with van der Waals surface area (Å²) in [5, 5.41) is 18.1. The van der Waals surface area contributed by atoms with E-state index >= 15 is 0 Å². The van der Waals surface area contributed by atoms with Crippen LogP contribution in [-0.2, 0) is 16.6 Å². The summed E-state index contributed by atoms with van der Waals surface area (Å²) in [6, 6.07) is 2.98. The van der Waals surface area contributed by atoms with Crippen molar-refractivity contribution in [1.29, 1.82) is 0 Å². The first kappa shape index (κ1) is 12.3. The number of aliphatic hydroxyl groups excluding tert-OH is 1. The molecule has 0 aliphatic carbocycles. The number of hydrogen-bond acceptors (Lipinski definition) is 4. The molecule has 0 fully saturated rings. The third-order valence-corrected chi connectivity index (χ3v) is 2.26. The molecular weight excluding hydrogens is 214 g/mol. The summed E-state index contributed by atoms with van der Waals surface area (Å²) >= 11 is 0. The van der Waals surface area contributed by atoms with E-state index in [-0.39, 0.29) is 5.69 Å². The standard InChI is InChI=1S/C10H13NO5/c1-11-6(8(12)5-9(13)14)3-4-7(11)10(15)16-2/h3-4,8,12H,5H2,1-2H3,(H,13,14)/t8-/m1/s1. The fourth-order valence-electron chi connectivity index (χ4n) is 1.44. The van der Waals surface area contributed by atoms with Crippen LogP contribution in [0.5, 0.6) is 0 Å². The zero-order valence-corrected chi connectivity index (χ0v) is 9.01. The molecule has 0 aliphatic rings. The van der Waals surface area contributed by atoms with Crippen LogP contribution in [0.4, 0.5) is 0 Å². The van der Waals surface area contributed by atoms with Crippen LogP contribution in [0, 0.1) is 0 Å². The molecule has 0 spiro atoms. The van der Waals surface area contributed by atoms with Gasteiger partial charge in [-0.05, 0) is 12.1 Å². The predicted molar refractivity (Wildman–Crippen MR) is 54.0 cm³/mol. The molecule has 6 heteroatoms. The number of ether oxygens (including phenoxy) is 1. The van der Waals surface area contributed by atoms with E-state index in [0.29, 0.717) is 5.69 Å². The lowest BCUT2D eigenvalue weighted by molar-refractivity contribution is -0.139. The van der Waals surface area contributed by atoms with Gasteiger partial charge in [-0.2, -0.15) is 0 Å². The van der Waals surface area contributed by atoms with E-state index in [2.05, 4.69) is 4.74 Å². The number of aliphatic hydroxyl groups is 1. The maximum absolute atomic E-state index is 11.3. The molecule has 2 N–H and O–H groups in total. The normalized spacial score (nSPS) is 12.2. The number of aromatic nitrogens is 1. The van der Waals surface area contributed by atoms with Crippen molar-refractivity contribution in [1.82, 2.24) is 4.57 Å². The summed E-state index contributed by atoms with van der Waals surface area (Å²) in [5.41, 5.74) is 0.629. The molecule has 6 nitrogen and oxygen atoms in total. The monoisotopic (exact) mass is 227 g/mol. The van der Waals surface area contributed by atoms with Gasteiger partial charge < -0.3 is 19.5 Å². The second kappa shape index (κ2) is 4.80. The van der Waals surface area contributed by atoms with Gasteiger partial charge in [-0.1, -0.05) is 0 Å². The third kappa shape index (κ3) is 2.40. The van der Waals surface area contributed by atoms with Gasteiger partial charge in [0.15, 0.2) is 0 Å². The average molecular weight is 227 g/mol. The maximum Gasteiger partial charge on any atom is 0.354 e. The van der Waals surface area contributed by atoms with Gasteiger partial charge in [0.05, 0.1) is 13.5 Å². The highest BCUT2D eigenvalue weighted by Crippen LogP contribution is 2.19. The number of carboxylic acid groups (broad SMARTS) is 1. The van der Waals surface area contributed by atoms with Gasteiger partial charge in [-0.3, -0.25) is 4.79 Å². The van der Waals surface area contributed by atoms with Crippen molar-refractivity contribution in [2.45, 2.75) is 12.5 Å². The lowest BCUT2D eigenvalue weighted by atomic mass is 10.2. The minimum Gasteiger partial charge on any atom is -0.481 e. The fraction of sp³-hybridized carbons (Fsp3) is 0.400. The Hall–Kier alpha value is -1.82. The molecular formula is C10H13NO5. The Kier molecular flexibility index (Phi) is 3.68. The minimum atomic E-state index is -1.14. The number of aliphatic carboxylic acids is 1. The van der Waals surface area contributed by atoms with Crippen LogP contribution in [0.1, 0.15) is 28.7 Å². The smallest absolute Gasteiger partial charge is 0.354 e. The van der Waals surface area contributed by atoms with Crippen molar-refractivity contribution in [3.63, 3.8) is 0 Å². The molecule has 1 atom stereocenters. The Labute approximate surface area is 92.1 Å². The lowest BCUT2D eigenvalue weighted by Gasteiger charge is -2.10. The number of carboxylic acids is 1. The summed E-state index contributed by atoms with van der Waals surface area (Å²) < 4.78 is 5.95. The van der Waals surface area contributed by atoms with Gasteiger partial charge in [0.2, 0.25) is 0 Å². The summed E-state index contributed by atoms with van der Waals surface area (Å²) in [5.74, 6) is -1.63. The SMILES string of the molecule is COC(=O)c1ccc([C@H](O)CC(=O)O)n1C. The second-order valence-electron chi connectivity index (χ2n) is 3.31. The highest BCUT2D eigenvalue weighted by Gasteiger charge is 2.19. The van der Waals surface area contributed by atoms with Crippen LogP contribution in [0.3, 0.4) is 0 Å². The molecule has 88 valence electrons. The Morgan fingerprint density at radius 3 is 2.62 bits per heavy atom. The quantitative estimate of drug-likeness (QED) is 0.723. The lowest BCUT2D eigenvalue weighted by Crippen LogP contribution is -2.13. The number of nitrogens with zero attached hydrogens (tertiary/aromatic N) is 1. The van der Waals surface area contributed by atoms with Crippen molar-refractivity contribution in [2.75, 3.05) is 7.11 Å². The number of esters is 1. The molecule has 0 saturated carbocycles. The van der Waals surface area contributed by atoms with Crippen LogP contribution in [0.25, 0.3) is 0 Å². The van der Waals surface area contributed by atoms with Crippen molar-refractivity contribution < 1.29 is 24.5 Å². The first-order valence-corrected chi connectivity index (χ1v) is 4.61. The number of carbonyl (C=O) groups is 2. The van der Waals surface area contributed by atoms with E-state index in [4.69, 9.17) is 5.11 Å². The van der Waals surface area contributed by atoms with Crippen LogP contribution < -0.4 is 0 Å². The van der Waals surface area contributed by atoms with Gasteiger partial charge in [-0.25, -0.2) is 4.79 Å². The van der Waals surface area contributed by atoms with Crippen LogP contribution >= 0.6 is 0 Å². The Balaban J connectivity index is 2.95. The van der Waals surface area contributed by atoms with Crippen molar-refractivity contribution in [2.24, 2.45) is 7.05 Å². The summed E-state index contributed by atoms with van der Waals surface area (Å²) in [7, 11) is 2.81. The molecule has 0 amide bonds. The Morgan fingerprint density at radius 2 is 2.12 bits per heavy atom. The van der Waals surface area contributed by atoms with Crippen LogP contribution in [-0.4, -0.2) is 33.8 Å². The molecule has 0 saturated heterocycles. The van der Waals surface area contributed by atoms with E-state index in [0.717, 1.165) is 0 Å². The van der Waals surface area contributed by atoms with Gasteiger partial charge in [0, 0.05) is 12.7 Å². The Morgan fingerprint density at radius 1 is 1.50 bits per heavy atom. The van der Waals surface area contributed by atoms with E-state index in [1.165, 1.54) is 23.8 Å². The predicted octanol–water partition coefficient (Wildman–Crippen LogP) is 0.320. The third-order valence-electron chi connectivity index (χ3n) is 2.26. The molecule has 0 unspecified atom stereocenters. The molecule has 16 heavy (non-hydrogen) atoms. The zero-order valence-electron chi connectivity index (χ0n) is 9.01. The topological polar surface area (TPSA) is 88.8 Å². The van der Waals surface area contributed by atoms with E-state index in [1.807, 2.05) is 0 Å². The summed E-state index contributed by atoms with van der Waals surface area (Å²) in [6.07, 6.45) is -1.54. The highest BCUT2D eigenvalue weighted by atomic mass is 16.5. The van der Waals surface area contributed by atoms with E-state index < -0.39 is 24.5 Å². The molecule has 0 aromatic carbocycles. The minimum absolute atomic E-state index is 0.266. The fourth-order valence-corrected chi connectivity index (χ4v) is 1.44. The van der Waals surface area contributed by atoms with Crippen molar-refractivity contribution in [3.8, 4) is 0 Å². The molecule has 0 aliphatic heterocycles. The first-order valence-electron chi connectivity index (χ1n) is 4.61. The van der Waals surface area contributed by atoms with Gasteiger partial charge in [0.25, 0.3) is 0 Å². The average Bonchev–Trinajstić information content (AvgIpc) is 2.58. The van der Waals surface area contributed by atoms with Crippen LogP contribution in [0.15, 0.2) is 12.1 Å².